The summed E-state index contributed by atoms with van der Waals surface area (Å²) in [6, 6.07) is 1.73. The number of carbonyl (C=O) groups excluding carboxylic acids is 2. The Morgan fingerprint density at radius 3 is 2.55 bits per heavy atom. The van der Waals surface area contributed by atoms with E-state index in [0.29, 0.717) is 31.5 Å². The van der Waals surface area contributed by atoms with Crippen LogP contribution in [-0.4, -0.2) is 59.4 Å². The monoisotopic (exact) mass is 388 g/mol. The lowest BCUT2D eigenvalue weighted by molar-refractivity contribution is -0.145. The van der Waals surface area contributed by atoms with Gasteiger partial charge in [0.2, 0.25) is 5.91 Å². The maximum absolute atomic E-state index is 12.2. The standard InChI is InChI=1S/C14H17BrN2O4S/c1-16(13(19)10-6-11(15)22-8-10)7-12(18)17-4-2-9(3-5-17)14(20)21/h6,8-9H,2-5,7H2,1H3,(H,20,21). The van der Waals surface area contributed by atoms with Crippen molar-refractivity contribution in [2.24, 2.45) is 5.92 Å². The third kappa shape index (κ3) is 4.07. The van der Waals surface area contributed by atoms with Gasteiger partial charge in [-0.2, -0.15) is 0 Å². The highest BCUT2D eigenvalue weighted by Crippen LogP contribution is 2.22. The summed E-state index contributed by atoms with van der Waals surface area (Å²) in [4.78, 5) is 38.3. The molecule has 22 heavy (non-hydrogen) atoms. The lowest BCUT2D eigenvalue weighted by Crippen LogP contribution is -2.45. The molecule has 2 rings (SSSR count). The number of nitrogens with zero attached hydrogens (tertiary/aromatic N) is 2. The summed E-state index contributed by atoms with van der Waals surface area (Å²) < 4.78 is 0.867. The summed E-state index contributed by atoms with van der Waals surface area (Å²) in [7, 11) is 1.59. The normalized spacial score (nSPS) is 15.6. The summed E-state index contributed by atoms with van der Waals surface area (Å²) in [5.41, 5.74) is 0.553. The Kier molecular flexibility index (Phi) is 5.57. The van der Waals surface area contributed by atoms with E-state index in [1.807, 2.05) is 0 Å². The van der Waals surface area contributed by atoms with E-state index < -0.39 is 5.97 Å². The number of carbonyl (C=O) groups is 3. The molecule has 0 spiro atoms. The van der Waals surface area contributed by atoms with Crippen molar-refractivity contribution in [2.75, 3.05) is 26.7 Å². The first kappa shape index (κ1) is 17.0. The Morgan fingerprint density at radius 2 is 2.05 bits per heavy atom. The lowest BCUT2D eigenvalue weighted by atomic mass is 9.97. The molecular formula is C14H17BrN2O4S. The van der Waals surface area contributed by atoms with Crippen LogP contribution in [0.25, 0.3) is 0 Å². The third-order valence-electron chi connectivity index (χ3n) is 3.73. The van der Waals surface area contributed by atoms with Gasteiger partial charge in [-0.15, -0.1) is 11.3 Å². The van der Waals surface area contributed by atoms with Crippen LogP contribution in [0, 0.1) is 5.92 Å². The van der Waals surface area contributed by atoms with E-state index in [0.717, 1.165) is 3.79 Å². The Hall–Kier alpha value is -1.41. The van der Waals surface area contributed by atoms with E-state index in [-0.39, 0.29) is 24.3 Å². The smallest absolute Gasteiger partial charge is 0.306 e. The van der Waals surface area contributed by atoms with Gasteiger partial charge in [0.25, 0.3) is 5.91 Å². The SMILES string of the molecule is CN(CC(=O)N1CCC(C(=O)O)CC1)C(=O)c1csc(Br)c1. The topological polar surface area (TPSA) is 77.9 Å². The molecule has 0 bridgehead atoms. The molecule has 0 aromatic carbocycles. The Balaban J connectivity index is 1.87. The number of piperidine rings is 1. The third-order valence-corrected chi connectivity index (χ3v) is 5.23. The average molecular weight is 389 g/mol. The van der Waals surface area contributed by atoms with Gasteiger partial charge in [-0.05, 0) is 34.8 Å². The fraction of sp³-hybridized carbons (Fsp3) is 0.500. The zero-order valence-corrected chi connectivity index (χ0v) is 14.5. The highest BCUT2D eigenvalue weighted by Gasteiger charge is 2.28. The van der Waals surface area contributed by atoms with Crippen LogP contribution < -0.4 is 0 Å². The number of likely N-dealkylation sites (N-methyl/N-ethyl adjacent to an activating group) is 1. The molecule has 1 aliphatic heterocycles. The quantitative estimate of drug-likeness (QED) is 0.854. The molecule has 0 saturated carbocycles. The van der Waals surface area contributed by atoms with Crippen LogP contribution in [0.15, 0.2) is 15.2 Å². The highest BCUT2D eigenvalue weighted by molar-refractivity contribution is 9.11. The fourth-order valence-electron chi connectivity index (χ4n) is 2.39. The molecule has 2 amide bonds. The molecule has 0 atom stereocenters. The molecule has 0 radical (unpaired) electrons. The molecule has 1 saturated heterocycles. The summed E-state index contributed by atoms with van der Waals surface area (Å²) in [6.07, 6.45) is 0.937. The molecule has 0 aliphatic carbocycles. The van der Waals surface area contributed by atoms with Crippen molar-refractivity contribution in [3.05, 3.63) is 20.8 Å². The molecule has 2 heterocycles. The molecule has 120 valence electrons. The molecule has 1 fully saturated rings. The van der Waals surface area contributed by atoms with Crippen molar-refractivity contribution in [1.29, 1.82) is 0 Å². The van der Waals surface area contributed by atoms with Gasteiger partial charge in [-0.3, -0.25) is 14.4 Å². The van der Waals surface area contributed by atoms with Crippen molar-refractivity contribution in [1.82, 2.24) is 9.80 Å². The molecule has 1 N–H and O–H groups in total. The second kappa shape index (κ2) is 7.23. The first-order chi connectivity index (χ1) is 10.4. The number of hydrogen-bond acceptors (Lipinski definition) is 4. The van der Waals surface area contributed by atoms with Crippen molar-refractivity contribution in [3.8, 4) is 0 Å². The van der Waals surface area contributed by atoms with Gasteiger partial charge in [0.05, 0.1) is 21.8 Å². The average Bonchev–Trinajstić information content (AvgIpc) is 2.92. The Labute approximate surface area is 140 Å². The van der Waals surface area contributed by atoms with Gasteiger partial charge < -0.3 is 14.9 Å². The first-order valence-corrected chi connectivity index (χ1v) is 8.56. The van der Waals surface area contributed by atoms with Crippen LogP contribution in [-0.2, 0) is 9.59 Å². The summed E-state index contributed by atoms with van der Waals surface area (Å²) in [5, 5.41) is 10.7. The number of aliphatic carboxylic acids is 1. The molecule has 1 aliphatic rings. The minimum Gasteiger partial charge on any atom is -0.481 e. The zero-order chi connectivity index (χ0) is 16.3. The minimum atomic E-state index is -0.803. The van der Waals surface area contributed by atoms with Gasteiger partial charge in [-0.25, -0.2) is 0 Å². The second-order valence-electron chi connectivity index (χ2n) is 5.29. The molecule has 1 aromatic heterocycles. The van der Waals surface area contributed by atoms with Crippen molar-refractivity contribution in [3.63, 3.8) is 0 Å². The van der Waals surface area contributed by atoms with Crippen LogP contribution in [0.4, 0.5) is 0 Å². The number of carboxylic acids is 1. The highest BCUT2D eigenvalue weighted by atomic mass is 79.9. The number of likely N-dealkylation sites (tertiary alicyclic amines) is 1. The fourth-order valence-corrected chi connectivity index (χ4v) is 3.52. The van der Waals surface area contributed by atoms with Gasteiger partial charge in [0.15, 0.2) is 0 Å². The predicted octanol–water partition coefficient (Wildman–Crippen LogP) is 1.91. The van der Waals surface area contributed by atoms with Gasteiger partial charge in [0, 0.05) is 25.5 Å². The van der Waals surface area contributed by atoms with Gasteiger partial charge in [0.1, 0.15) is 0 Å². The first-order valence-electron chi connectivity index (χ1n) is 6.88. The van der Waals surface area contributed by atoms with E-state index in [9.17, 15) is 14.4 Å². The van der Waals surface area contributed by atoms with Gasteiger partial charge in [-0.1, -0.05) is 0 Å². The lowest BCUT2D eigenvalue weighted by Gasteiger charge is -2.31. The van der Waals surface area contributed by atoms with Crippen LogP contribution in [0.2, 0.25) is 0 Å². The summed E-state index contributed by atoms with van der Waals surface area (Å²) in [6.45, 7) is 0.869. The van der Waals surface area contributed by atoms with Crippen molar-refractivity contribution in [2.45, 2.75) is 12.8 Å². The number of thiophene rings is 1. The van der Waals surface area contributed by atoms with E-state index in [1.165, 1.54) is 16.2 Å². The number of hydrogen-bond donors (Lipinski definition) is 1. The molecule has 1 aromatic rings. The maximum Gasteiger partial charge on any atom is 0.306 e. The van der Waals surface area contributed by atoms with Crippen molar-refractivity contribution >= 4 is 45.1 Å². The van der Waals surface area contributed by atoms with Crippen molar-refractivity contribution < 1.29 is 19.5 Å². The van der Waals surface area contributed by atoms with E-state index >= 15 is 0 Å². The van der Waals surface area contributed by atoms with E-state index in [4.69, 9.17) is 5.11 Å². The van der Waals surface area contributed by atoms with Gasteiger partial charge >= 0.3 is 5.97 Å². The van der Waals surface area contributed by atoms with Crippen LogP contribution in [0.3, 0.4) is 0 Å². The Morgan fingerprint density at radius 1 is 1.41 bits per heavy atom. The van der Waals surface area contributed by atoms with Crippen LogP contribution in [0.5, 0.6) is 0 Å². The number of carboxylic acid groups (broad SMARTS) is 1. The number of halogens is 1. The maximum atomic E-state index is 12.2. The van der Waals surface area contributed by atoms with Crippen LogP contribution >= 0.6 is 27.3 Å². The largest absolute Gasteiger partial charge is 0.481 e. The molecule has 8 heteroatoms. The minimum absolute atomic E-state index is 0.00401. The Bertz CT molecular complexity index is 581. The molecule has 0 unspecified atom stereocenters. The van der Waals surface area contributed by atoms with E-state index in [2.05, 4.69) is 15.9 Å². The second-order valence-corrected chi connectivity index (χ2v) is 7.58. The zero-order valence-electron chi connectivity index (χ0n) is 12.1. The van der Waals surface area contributed by atoms with E-state index in [1.54, 1.807) is 23.4 Å². The molecule has 6 nitrogen and oxygen atoms in total. The predicted molar refractivity (Wildman–Crippen MR) is 85.9 cm³/mol. The summed E-state index contributed by atoms with van der Waals surface area (Å²) >= 11 is 4.72. The molecular weight excluding hydrogens is 372 g/mol. The van der Waals surface area contributed by atoms with Crippen LogP contribution in [0.1, 0.15) is 23.2 Å². The number of rotatable bonds is 4. The number of amides is 2. The summed E-state index contributed by atoms with van der Waals surface area (Å²) in [5.74, 6) is -1.52.